The van der Waals surface area contributed by atoms with Gasteiger partial charge in [-0.15, -0.1) is 5.10 Å². The number of rotatable bonds is 8. The van der Waals surface area contributed by atoms with Gasteiger partial charge in [0.2, 0.25) is 11.1 Å². The smallest absolute Gasteiger partial charge is 0.233 e. The van der Waals surface area contributed by atoms with E-state index in [9.17, 15) is 4.79 Å². The van der Waals surface area contributed by atoms with E-state index >= 15 is 0 Å². The zero-order valence-electron chi connectivity index (χ0n) is 11.7. The van der Waals surface area contributed by atoms with Crippen LogP contribution in [0.1, 0.15) is 25.7 Å². The molecule has 20 heavy (non-hydrogen) atoms. The van der Waals surface area contributed by atoms with Crippen molar-refractivity contribution in [2.24, 2.45) is 0 Å². The van der Waals surface area contributed by atoms with Gasteiger partial charge in [0.25, 0.3) is 0 Å². The summed E-state index contributed by atoms with van der Waals surface area (Å²) in [6.45, 7) is 1.62. The highest BCUT2D eigenvalue weighted by Crippen LogP contribution is 2.26. The van der Waals surface area contributed by atoms with Crippen LogP contribution in [0.2, 0.25) is 0 Å². The Labute approximate surface area is 122 Å². The standard InChI is InChI=1S/C12H20N6OS/c1-17(10-4-5-10)11(19)8-20-12-14-15-16-18(12)7-6-13-9-2-3-9/h9-10,13H,2-8H2,1H3. The van der Waals surface area contributed by atoms with Gasteiger partial charge < -0.3 is 10.2 Å². The van der Waals surface area contributed by atoms with Crippen molar-refractivity contribution < 1.29 is 4.79 Å². The predicted octanol–water partition coefficient (Wildman–Crippen LogP) is 0.138. The molecule has 0 atom stereocenters. The molecule has 0 spiro atoms. The van der Waals surface area contributed by atoms with E-state index in [0.29, 0.717) is 17.8 Å². The van der Waals surface area contributed by atoms with E-state index in [1.807, 2.05) is 11.9 Å². The maximum Gasteiger partial charge on any atom is 0.233 e. The third kappa shape index (κ3) is 3.69. The summed E-state index contributed by atoms with van der Waals surface area (Å²) >= 11 is 1.42. The van der Waals surface area contributed by atoms with Crippen LogP contribution in [0.15, 0.2) is 5.16 Å². The van der Waals surface area contributed by atoms with E-state index < -0.39 is 0 Å². The average Bonchev–Trinajstić information content (AvgIpc) is 3.35. The number of thioether (sulfide) groups is 1. The molecule has 1 aromatic rings. The van der Waals surface area contributed by atoms with Crippen LogP contribution >= 0.6 is 11.8 Å². The Balaban J connectivity index is 1.44. The molecule has 0 bridgehead atoms. The normalized spacial score (nSPS) is 18.2. The highest BCUT2D eigenvalue weighted by molar-refractivity contribution is 7.99. The quantitative estimate of drug-likeness (QED) is 0.688. The van der Waals surface area contributed by atoms with Gasteiger partial charge in [0.1, 0.15) is 0 Å². The van der Waals surface area contributed by atoms with Crippen LogP contribution in [0.3, 0.4) is 0 Å². The molecule has 3 rings (SSSR count). The van der Waals surface area contributed by atoms with Crippen molar-refractivity contribution in [3.8, 4) is 0 Å². The van der Waals surface area contributed by atoms with Crippen LogP contribution in [0.25, 0.3) is 0 Å². The Morgan fingerprint density at radius 3 is 2.95 bits per heavy atom. The van der Waals surface area contributed by atoms with E-state index in [0.717, 1.165) is 31.1 Å². The first-order valence-corrected chi connectivity index (χ1v) is 8.10. The summed E-state index contributed by atoms with van der Waals surface area (Å²) < 4.78 is 1.77. The zero-order chi connectivity index (χ0) is 13.9. The number of amides is 1. The highest BCUT2D eigenvalue weighted by Gasteiger charge is 2.29. The molecule has 0 aliphatic heterocycles. The van der Waals surface area contributed by atoms with Gasteiger partial charge in [0.05, 0.1) is 12.3 Å². The first kappa shape index (κ1) is 13.8. The van der Waals surface area contributed by atoms with Crippen molar-refractivity contribution in [2.75, 3.05) is 19.3 Å². The number of hydrogen-bond acceptors (Lipinski definition) is 6. The van der Waals surface area contributed by atoms with Crippen molar-refractivity contribution in [3.63, 3.8) is 0 Å². The van der Waals surface area contributed by atoms with Crippen molar-refractivity contribution >= 4 is 17.7 Å². The summed E-state index contributed by atoms with van der Waals surface area (Å²) in [5.74, 6) is 0.562. The van der Waals surface area contributed by atoms with E-state index in [2.05, 4.69) is 20.8 Å². The number of nitrogens with zero attached hydrogens (tertiary/aromatic N) is 5. The summed E-state index contributed by atoms with van der Waals surface area (Å²) in [6, 6.07) is 1.15. The molecule has 0 saturated heterocycles. The Morgan fingerprint density at radius 1 is 1.45 bits per heavy atom. The van der Waals surface area contributed by atoms with Crippen molar-refractivity contribution in [3.05, 3.63) is 0 Å². The first-order chi connectivity index (χ1) is 9.74. The summed E-state index contributed by atoms with van der Waals surface area (Å²) in [5.41, 5.74) is 0. The Kier molecular flexibility index (Phi) is 4.21. The molecule has 2 saturated carbocycles. The van der Waals surface area contributed by atoms with E-state index in [1.165, 1.54) is 24.6 Å². The minimum absolute atomic E-state index is 0.156. The van der Waals surface area contributed by atoms with Crippen LogP contribution < -0.4 is 5.32 Å². The number of tetrazole rings is 1. The summed E-state index contributed by atoms with van der Waals surface area (Å²) in [5, 5.41) is 15.8. The van der Waals surface area contributed by atoms with Crippen LogP contribution in [0.4, 0.5) is 0 Å². The van der Waals surface area contributed by atoms with Gasteiger partial charge in [0.15, 0.2) is 0 Å². The topological polar surface area (TPSA) is 75.9 Å². The summed E-state index contributed by atoms with van der Waals surface area (Å²) in [6.07, 6.45) is 4.83. The average molecular weight is 296 g/mol. The number of aromatic nitrogens is 4. The highest BCUT2D eigenvalue weighted by atomic mass is 32.2. The molecule has 2 fully saturated rings. The van der Waals surface area contributed by atoms with Gasteiger partial charge >= 0.3 is 0 Å². The maximum atomic E-state index is 12.0. The zero-order valence-corrected chi connectivity index (χ0v) is 12.5. The lowest BCUT2D eigenvalue weighted by Gasteiger charge is -2.15. The number of carbonyl (C=O) groups is 1. The predicted molar refractivity (Wildman–Crippen MR) is 75.4 cm³/mol. The minimum atomic E-state index is 0.156. The molecule has 8 heteroatoms. The second-order valence-electron chi connectivity index (χ2n) is 5.44. The summed E-state index contributed by atoms with van der Waals surface area (Å²) in [7, 11) is 1.88. The molecule has 110 valence electrons. The van der Waals surface area contributed by atoms with Gasteiger partial charge in [0, 0.05) is 25.7 Å². The fourth-order valence-corrected chi connectivity index (χ4v) is 2.82. The number of hydrogen-bond donors (Lipinski definition) is 1. The van der Waals surface area contributed by atoms with Crippen molar-refractivity contribution in [1.29, 1.82) is 0 Å². The third-order valence-corrected chi connectivity index (χ3v) is 4.59. The largest absolute Gasteiger partial charge is 0.342 e. The van der Waals surface area contributed by atoms with E-state index in [4.69, 9.17) is 0 Å². The number of carbonyl (C=O) groups excluding carboxylic acids is 1. The van der Waals surface area contributed by atoms with Gasteiger partial charge in [-0.1, -0.05) is 11.8 Å². The molecule has 1 heterocycles. The molecule has 0 radical (unpaired) electrons. The SMILES string of the molecule is CN(C(=O)CSc1nnnn1CCNC1CC1)C1CC1. The molecule has 2 aliphatic rings. The second kappa shape index (κ2) is 6.09. The van der Waals surface area contributed by atoms with Crippen molar-refractivity contribution in [2.45, 2.75) is 49.5 Å². The summed E-state index contributed by atoms with van der Waals surface area (Å²) in [4.78, 5) is 13.8. The van der Waals surface area contributed by atoms with Crippen LogP contribution in [0, 0.1) is 0 Å². The minimum Gasteiger partial charge on any atom is -0.342 e. The van der Waals surface area contributed by atoms with E-state index in [-0.39, 0.29) is 5.91 Å². The lowest BCUT2D eigenvalue weighted by Crippen LogP contribution is -2.30. The Bertz CT molecular complexity index is 470. The van der Waals surface area contributed by atoms with Crippen LogP contribution in [-0.4, -0.2) is 62.4 Å². The van der Waals surface area contributed by atoms with Gasteiger partial charge in [-0.2, -0.15) is 0 Å². The molecule has 1 N–H and O–H groups in total. The van der Waals surface area contributed by atoms with E-state index in [1.54, 1.807) is 4.68 Å². The molecule has 7 nitrogen and oxygen atoms in total. The number of nitrogens with one attached hydrogen (secondary N) is 1. The lowest BCUT2D eigenvalue weighted by atomic mass is 10.5. The molecule has 1 aromatic heterocycles. The van der Waals surface area contributed by atoms with Crippen molar-refractivity contribution in [1.82, 2.24) is 30.4 Å². The first-order valence-electron chi connectivity index (χ1n) is 7.12. The molecular weight excluding hydrogens is 276 g/mol. The third-order valence-electron chi connectivity index (χ3n) is 3.65. The van der Waals surface area contributed by atoms with Gasteiger partial charge in [-0.25, -0.2) is 4.68 Å². The Morgan fingerprint density at radius 2 is 2.25 bits per heavy atom. The molecule has 2 aliphatic carbocycles. The molecular formula is C12H20N6OS. The fraction of sp³-hybridized carbons (Fsp3) is 0.833. The van der Waals surface area contributed by atoms with Gasteiger partial charge in [-0.3, -0.25) is 4.79 Å². The lowest BCUT2D eigenvalue weighted by molar-refractivity contribution is -0.127. The second-order valence-corrected chi connectivity index (χ2v) is 6.38. The monoisotopic (exact) mass is 296 g/mol. The van der Waals surface area contributed by atoms with Crippen LogP contribution in [0.5, 0.6) is 0 Å². The fourth-order valence-electron chi connectivity index (χ4n) is 2.00. The molecule has 0 unspecified atom stereocenters. The van der Waals surface area contributed by atoms with Gasteiger partial charge in [-0.05, 0) is 36.1 Å². The van der Waals surface area contributed by atoms with Crippen LogP contribution in [-0.2, 0) is 11.3 Å². The molecule has 0 aromatic carbocycles. The Hall–Kier alpha value is -1.15. The molecule has 1 amide bonds. The maximum absolute atomic E-state index is 12.0.